The lowest BCUT2D eigenvalue weighted by Crippen LogP contribution is -2.26. The van der Waals surface area contributed by atoms with Crippen LogP contribution in [0.2, 0.25) is 0 Å². The molecule has 0 aliphatic rings. The first-order valence-electron chi connectivity index (χ1n) is 5.99. The van der Waals surface area contributed by atoms with Crippen LogP contribution in [-0.4, -0.2) is 49.5 Å². The Balaban J connectivity index is 2.48. The lowest BCUT2D eigenvalue weighted by molar-refractivity contribution is -0.120. The predicted molar refractivity (Wildman–Crippen MR) is 70.6 cm³/mol. The van der Waals surface area contributed by atoms with Gasteiger partial charge in [-0.15, -0.1) is 0 Å². The molecule has 0 fully saturated rings. The van der Waals surface area contributed by atoms with Gasteiger partial charge in [0.05, 0.1) is 18.4 Å². The first-order valence-corrected chi connectivity index (χ1v) is 5.99. The largest absolute Gasteiger partial charge is 0.465 e. The number of pyridine rings is 1. The Morgan fingerprint density at radius 2 is 2.16 bits per heavy atom. The number of nitrogens with one attached hydrogen (secondary N) is 1. The van der Waals surface area contributed by atoms with E-state index in [2.05, 4.69) is 15.0 Å². The Bertz CT molecular complexity index is 431. The molecule has 6 heteroatoms. The third-order valence-electron chi connectivity index (χ3n) is 2.68. The second-order valence-electron chi connectivity index (χ2n) is 4.19. The average molecular weight is 265 g/mol. The van der Waals surface area contributed by atoms with E-state index in [1.165, 1.54) is 13.3 Å². The molecule has 1 aromatic rings. The van der Waals surface area contributed by atoms with Crippen LogP contribution in [0.4, 0.5) is 0 Å². The Hall–Kier alpha value is -1.95. The van der Waals surface area contributed by atoms with Gasteiger partial charge in [0, 0.05) is 32.8 Å². The van der Waals surface area contributed by atoms with Crippen molar-refractivity contribution in [3.8, 4) is 0 Å². The minimum atomic E-state index is -0.396. The van der Waals surface area contributed by atoms with Crippen molar-refractivity contribution < 1.29 is 14.3 Å². The quantitative estimate of drug-likeness (QED) is 0.755. The van der Waals surface area contributed by atoms with E-state index in [0.717, 1.165) is 5.69 Å². The van der Waals surface area contributed by atoms with E-state index in [1.807, 2.05) is 11.9 Å². The van der Waals surface area contributed by atoms with Gasteiger partial charge in [-0.2, -0.15) is 0 Å². The normalized spacial score (nSPS) is 10.3. The zero-order valence-corrected chi connectivity index (χ0v) is 11.5. The van der Waals surface area contributed by atoms with Crippen molar-refractivity contribution in [2.24, 2.45) is 0 Å². The fourth-order valence-corrected chi connectivity index (χ4v) is 1.53. The zero-order valence-electron chi connectivity index (χ0n) is 11.5. The molecule has 0 aliphatic heterocycles. The van der Waals surface area contributed by atoms with Crippen LogP contribution in [0.1, 0.15) is 22.5 Å². The fourth-order valence-electron chi connectivity index (χ4n) is 1.53. The third-order valence-corrected chi connectivity index (χ3v) is 2.68. The number of hydrogen-bond donors (Lipinski definition) is 1. The third kappa shape index (κ3) is 5.05. The Kier molecular flexibility index (Phi) is 5.95. The summed E-state index contributed by atoms with van der Waals surface area (Å²) in [5, 5.41) is 2.58. The summed E-state index contributed by atoms with van der Waals surface area (Å²) in [6.07, 6.45) is 1.95. The molecule has 0 radical (unpaired) electrons. The van der Waals surface area contributed by atoms with Crippen LogP contribution in [0.15, 0.2) is 18.3 Å². The van der Waals surface area contributed by atoms with Gasteiger partial charge in [-0.3, -0.25) is 9.78 Å². The minimum absolute atomic E-state index is 0.0147. The van der Waals surface area contributed by atoms with Gasteiger partial charge in [0.1, 0.15) is 0 Å². The molecular weight excluding hydrogens is 246 g/mol. The van der Waals surface area contributed by atoms with E-state index in [-0.39, 0.29) is 5.91 Å². The molecule has 0 spiro atoms. The summed E-state index contributed by atoms with van der Waals surface area (Å²) >= 11 is 0. The van der Waals surface area contributed by atoms with Crippen molar-refractivity contribution >= 4 is 11.9 Å². The van der Waals surface area contributed by atoms with Gasteiger partial charge in [-0.25, -0.2) is 4.79 Å². The van der Waals surface area contributed by atoms with Crippen molar-refractivity contribution in [3.63, 3.8) is 0 Å². The molecule has 0 saturated heterocycles. The predicted octanol–water partition coefficient (Wildman–Crippen LogP) is 0.436. The highest BCUT2D eigenvalue weighted by Gasteiger charge is 2.07. The van der Waals surface area contributed by atoms with Crippen LogP contribution in [0, 0.1) is 0 Å². The van der Waals surface area contributed by atoms with Gasteiger partial charge in [-0.1, -0.05) is 0 Å². The molecule has 6 nitrogen and oxygen atoms in total. The average Bonchev–Trinajstić information content (AvgIpc) is 2.44. The van der Waals surface area contributed by atoms with Crippen LogP contribution < -0.4 is 5.32 Å². The molecule has 19 heavy (non-hydrogen) atoms. The van der Waals surface area contributed by atoms with Gasteiger partial charge in [-0.05, 0) is 19.2 Å². The molecule has 1 rings (SSSR count). The molecule has 104 valence electrons. The molecular formula is C13H19N3O3. The van der Waals surface area contributed by atoms with Crippen molar-refractivity contribution in [1.82, 2.24) is 15.2 Å². The first-order chi connectivity index (χ1) is 9.06. The Morgan fingerprint density at radius 3 is 2.68 bits per heavy atom. The molecule has 0 aliphatic carbocycles. The topological polar surface area (TPSA) is 71.5 Å². The lowest BCUT2D eigenvalue weighted by Gasteiger charge is -2.15. The molecule has 0 bridgehead atoms. The maximum absolute atomic E-state index is 11.2. The van der Waals surface area contributed by atoms with Gasteiger partial charge in [0.25, 0.3) is 0 Å². The van der Waals surface area contributed by atoms with Crippen molar-refractivity contribution in [3.05, 3.63) is 29.6 Å². The molecule has 0 saturated carbocycles. The van der Waals surface area contributed by atoms with Crippen LogP contribution in [0.25, 0.3) is 0 Å². The smallest absolute Gasteiger partial charge is 0.339 e. The number of nitrogens with zero attached hydrogens (tertiary/aromatic N) is 2. The SMILES string of the molecule is CNC(=O)CCN(C)Cc1ccc(C(=O)OC)cn1. The molecule has 0 unspecified atom stereocenters. The lowest BCUT2D eigenvalue weighted by atomic mass is 10.2. The monoisotopic (exact) mass is 265 g/mol. The molecule has 0 atom stereocenters. The van der Waals surface area contributed by atoms with Crippen LogP contribution >= 0.6 is 0 Å². The fraction of sp³-hybridized carbons (Fsp3) is 0.462. The number of ether oxygens (including phenoxy) is 1. The van der Waals surface area contributed by atoms with E-state index in [9.17, 15) is 9.59 Å². The van der Waals surface area contributed by atoms with Crippen molar-refractivity contribution in [2.75, 3.05) is 27.7 Å². The van der Waals surface area contributed by atoms with Crippen LogP contribution in [0.3, 0.4) is 0 Å². The zero-order chi connectivity index (χ0) is 14.3. The van der Waals surface area contributed by atoms with Gasteiger partial charge in [0.2, 0.25) is 5.91 Å². The maximum atomic E-state index is 11.2. The molecule has 0 aromatic carbocycles. The molecule has 1 heterocycles. The van der Waals surface area contributed by atoms with E-state index < -0.39 is 5.97 Å². The maximum Gasteiger partial charge on any atom is 0.339 e. The number of methoxy groups -OCH3 is 1. The Morgan fingerprint density at radius 1 is 1.42 bits per heavy atom. The van der Waals surface area contributed by atoms with Gasteiger partial charge in [0.15, 0.2) is 0 Å². The Labute approximate surface area is 112 Å². The van der Waals surface area contributed by atoms with Crippen molar-refractivity contribution in [2.45, 2.75) is 13.0 Å². The van der Waals surface area contributed by atoms with E-state index in [4.69, 9.17) is 0 Å². The van der Waals surface area contributed by atoms with Gasteiger partial charge >= 0.3 is 5.97 Å². The number of carbonyl (C=O) groups excluding carboxylic acids is 2. The number of rotatable bonds is 6. The summed E-state index contributed by atoms with van der Waals surface area (Å²) in [7, 11) is 4.87. The molecule has 1 N–H and O–H groups in total. The number of hydrogen-bond acceptors (Lipinski definition) is 5. The van der Waals surface area contributed by atoms with E-state index in [1.54, 1.807) is 19.2 Å². The highest BCUT2D eigenvalue weighted by Crippen LogP contribution is 2.04. The summed E-state index contributed by atoms with van der Waals surface area (Å²) in [6.45, 7) is 1.28. The number of aromatic nitrogens is 1. The number of amides is 1. The van der Waals surface area contributed by atoms with Gasteiger partial charge < -0.3 is 15.0 Å². The van der Waals surface area contributed by atoms with Crippen LogP contribution in [0.5, 0.6) is 0 Å². The van der Waals surface area contributed by atoms with Crippen LogP contribution in [-0.2, 0) is 16.1 Å². The standard InChI is InChI=1S/C13H19N3O3/c1-14-12(17)6-7-16(2)9-11-5-4-10(8-15-11)13(18)19-3/h4-5,8H,6-7,9H2,1-3H3,(H,14,17). The van der Waals surface area contributed by atoms with Crippen molar-refractivity contribution in [1.29, 1.82) is 0 Å². The second-order valence-corrected chi connectivity index (χ2v) is 4.19. The van der Waals surface area contributed by atoms with E-state index >= 15 is 0 Å². The second kappa shape index (κ2) is 7.48. The summed E-state index contributed by atoms with van der Waals surface area (Å²) in [6, 6.07) is 3.46. The summed E-state index contributed by atoms with van der Waals surface area (Å²) in [5.41, 5.74) is 1.27. The minimum Gasteiger partial charge on any atom is -0.465 e. The number of esters is 1. The summed E-state index contributed by atoms with van der Waals surface area (Å²) in [5.74, 6) is -0.382. The highest BCUT2D eigenvalue weighted by atomic mass is 16.5. The molecule has 1 aromatic heterocycles. The van der Waals surface area contributed by atoms with E-state index in [0.29, 0.717) is 25.1 Å². The first kappa shape index (κ1) is 15.1. The number of carbonyl (C=O) groups is 2. The summed E-state index contributed by atoms with van der Waals surface area (Å²) < 4.78 is 4.60. The highest BCUT2D eigenvalue weighted by molar-refractivity contribution is 5.88. The molecule has 1 amide bonds. The summed E-state index contributed by atoms with van der Waals surface area (Å²) in [4.78, 5) is 28.5.